The fourth-order valence-electron chi connectivity index (χ4n) is 2.09. The molecule has 1 heterocycles. The van der Waals surface area contributed by atoms with Crippen molar-refractivity contribution < 1.29 is 4.74 Å². The van der Waals surface area contributed by atoms with Gasteiger partial charge in [0.2, 0.25) is 5.88 Å². The zero-order chi connectivity index (χ0) is 14.0. The lowest BCUT2D eigenvalue weighted by Crippen LogP contribution is -2.15. The second kappa shape index (κ2) is 8.33. The molecule has 0 aliphatic rings. The summed E-state index contributed by atoms with van der Waals surface area (Å²) in [5, 5.41) is 3.44. The third-order valence-corrected chi connectivity index (χ3v) is 3.25. The van der Waals surface area contributed by atoms with Crippen molar-refractivity contribution >= 4 is 0 Å². The monoisotopic (exact) mass is 270 g/mol. The number of aryl methyl sites for hydroxylation is 1. The Kier molecular flexibility index (Phi) is 6.06. The number of nitrogens with one attached hydrogen (secondary N) is 1. The number of methoxy groups -OCH3 is 1. The van der Waals surface area contributed by atoms with E-state index in [-0.39, 0.29) is 0 Å². The molecule has 0 unspecified atom stereocenters. The van der Waals surface area contributed by atoms with Crippen LogP contribution in [0.2, 0.25) is 0 Å². The largest absolute Gasteiger partial charge is 0.481 e. The van der Waals surface area contributed by atoms with Crippen molar-refractivity contribution in [3.05, 3.63) is 59.8 Å². The van der Waals surface area contributed by atoms with Gasteiger partial charge in [-0.25, -0.2) is 4.98 Å². The van der Waals surface area contributed by atoms with Gasteiger partial charge >= 0.3 is 0 Å². The number of benzene rings is 1. The molecule has 3 nitrogen and oxygen atoms in total. The summed E-state index contributed by atoms with van der Waals surface area (Å²) in [5.41, 5.74) is 2.61. The summed E-state index contributed by atoms with van der Waals surface area (Å²) in [6.45, 7) is 1.90. The fourth-order valence-corrected chi connectivity index (χ4v) is 2.09. The second-order valence-corrected chi connectivity index (χ2v) is 4.83. The highest BCUT2D eigenvalue weighted by Crippen LogP contribution is 2.07. The molecule has 0 saturated heterocycles. The van der Waals surface area contributed by atoms with Gasteiger partial charge in [0.25, 0.3) is 0 Å². The number of rotatable bonds is 8. The molecule has 0 atom stereocenters. The summed E-state index contributed by atoms with van der Waals surface area (Å²) in [6, 6.07) is 14.6. The van der Waals surface area contributed by atoms with Crippen molar-refractivity contribution in [2.75, 3.05) is 13.7 Å². The summed E-state index contributed by atoms with van der Waals surface area (Å²) < 4.78 is 5.04. The van der Waals surface area contributed by atoms with Crippen LogP contribution in [0.5, 0.6) is 5.88 Å². The van der Waals surface area contributed by atoms with Gasteiger partial charge in [-0.3, -0.25) is 0 Å². The summed E-state index contributed by atoms with van der Waals surface area (Å²) in [7, 11) is 1.63. The molecule has 0 saturated carbocycles. The normalized spacial score (nSPS) is 10.4. The van der Waals surface area contributed by atoms with E-state index in [9.17, 15) is 0 Å². The van der Waals surface area contributed by atoms with Crippen LogP contribution in [-0.2, 0) is 13.0 Å². The van der Waals surface area contributed by atoms with Gasteiger partial charge in [-0.05, 0) is 36.9 Å². The summed E-state index contributed by atoms with van der Waals surface area (Å²) >= 11 is 0. The number of pyridine rings is 1. The Labute approximate surface area is 121 Å². The molecule has 1 aromatic heterocycles. The van der Waals surface area contributed by atoms with E-state index < -0.39 is 0 Å². The maximum absolute atomic E-state index is 5.04. The van der Waals surface area contributed by atoms with Crippen LogP contribution in [0.15, 0.2) is 48.7 Å². The smallest absolute Gasteiger partial charge is 0.212 e. The molecule has 0 amide bonds. The molecule has 1 aromatic carbocycles. The van der Waals surface area contributed by atoms with Crippen molar-refractivity contribution in [3.8, 4) is 5.88 Å². The van der Waals surface area contributed by atoms with Crippen molar-refractivity contribution in [3.63, 3.8) is 0 Å². The summed E-state index contributed by atoms with van der Waals surface area (Å²) in [5.74, 6) is 0.664. The first kappa shape index (κ1) is 14.5. The third-order valence-electron chi connectivity index (χ3n) is 3.25. The minimum Gasteiger partial charge on any atom is -0.481 e. The van der Waals surface area contributed by atoms with Crippen LogP contribution >= 0.6 is 0 Å². The Morgan fingerprint density at radius 2 is 1.85 bits per heavy atom. The minimum atomic E-state index is 0.664. The number of hydrogen-bond acceptors (Lipinski definition) is 3. The molecule has 20 heavy (non-hydrogen) atoms. The highest BCUT2D eigenvalue weighted by atomic mass is 16.5. The Balaban J connectivity index is 1.57. The van der Waals surface area contributed by atoms with E-state index >= 15 is 0 Å². The summed E-state index contributed by atoms with van der Waals surface area (Å²) in [4.78, 5) is 4.19. The SMILES string of the molecule is COc1ccc(CNCCCCc2ccccc2)cn1. The first-order valence-electron chi connectivity index (χ1n) is 7.12. The Hall–Kier alpha value is -1.87. The van der Waals surface area contributed by atoms with E-state index in [4.69, 9.17) is 4.74 Å². The molecular weight excluding hydrogens is 248 g/mol. The number of unbranched alkanes of at least 4 members (excludes halogenated alkanes) is 1. The lowest BCUT2D eigenvalue weighted by atomic mass is 10.1. The topological polar surface area (TPSA) is 34.1 Å². The average molecular weight is 270 g/mol. The zero-order valence-corrected chi connectivity index (χ0v) is 12.0. The molecule has 0 spiro atoms. The lowest BCUT2D eigenvalue weighted by molar-refractivity contribution is 0.397. The number of ether oxygens (including phenoxy) is 1. The van der Waals surface area contributed by atoms with E-state index in [0.29, 0.717) is 5.88 Å². The molecule has 3 heteroatoms. The molecule has 0 aliphatic heterocycles. The predicted octanol–water partition coefficient (Wildman–Crippen LogP) is 3.20. The van der Waals surface area contributed by atoms with Gasteiger partial charge in [0.05, 0.1) is 7.11 Å². The molecule has 0 bridgehead atoms. The van der Waals surface area contributed by atoms with Gasteiger partial charge < -0.3 is 10.1 Å². The van der Waals surface area contributed by atoms with Crippen molar-refractivity contribution in [2.24, 2.45) is 0 Å². The minimum absolute atomic E-state index is 0.664. The van der Waals surface area contributed by atoms with E-state index in [1.165, 1.54) is 24.0 Å². The van der Waals surface area contributed by atoms with Crippen LogP contribution in [0.1, 0.15) is 24.0 Å². The van der Waals surface area contributed by atoms with Crippen LogP contribution in [-0.4, -0.2) is 18.6 Å². The van der Waals surface area contributed by atoms with Crippen molar-refractivity contribution in [1.29, 1.82) is 0 Å². The number of aromatic nitrogens is 1. The van der Waals surface area contributed by atoms with E-state index in [1.54, 1.807) is 7.11 Å². The summed E-state index contributed by atoms with van der Waals surface area (Å²) in [6.07, 6.45) is 5.43. The predicted molar refractivity (Wildman–Crippen MR) is 81.9 cm³/mol. The van der Waals surface area contributed by atoms with Crippen LogP contribution in [0.25, 0.3) is 0 Å². The van der Waals surface area contributed by atoms with Crippen LogP contribution < -0.4 is 10.1 Å². The van der Waals surface area contributed by atoms with Crippen LogP contribution in [0.4, 0.5) is 0 Å². The maximum Gasteiger partial charge on any atom is 0.212 e. The van der Waals surface area contributed by atoms with Gasteiger partial charge in [-0.2, -0.15) is 0 Å². The molecule has 0 radical (unpaired) electrons. The molecular formula is C17H22N2O. The lowest BCUT2D eigenvalue weighted by Gasteiger charge is -2.05. The Morgan fingerprint density at radius 3 is 2.55 bits per heavy atom. The standard InChI is InChI=1S/C17H22N2O/c1-20-17-11-10-16(14-19-17)13-18-12-6-5-9-15-7-3-2-4-8-15/h2-4,7-8,10-11,14,18H,5-6,9,12-13H2,1H3. The Morgan fingerprint density at radius 1 is 1.00 bits per heavy atom. The highest BCUT2D eigenvalue weighted by Gasteiger charge is 1.96. The van der Waals surface area contributed by atoms with Crippen LogP contribution in [0.3, 0.4) is 0 Å². The molecule has 106 valence electrons. The second-order valence-electron chi connectivity index (χ2n) is 4.83. The van der Waals surface area contributed by atoms with Gasteiger partial charge in [-0.1, -0.05) is 36.4 Å². The highest BCUT2D eigenvalue weighted by molar-refractivity contribution is 5.17. The zero-order valence-electron chi connectivity index (χ0n) is 12.0. The quantitative estimate of drug-likeness (QED) is 0.748. The first-order chi connectivity index (χ1) is 9.88. The molecule has 0 aliphatic carbocycles. The van der Waals surface area contributed by atoms with Crippen LogP contribution in [0, 0.1) is 0 Å². The van der Waals surface area contributed by atoms with Crippen molar-refractivity contribution in [2.45, 2.75) is 25.8 Å². The Bertz CT molecular complexity index is 482. The van der Waals surface area contributed by atoms with E-state index in [2.05, 4.69) is 40.6 Å². The molecule has 2 aromatic rings. The van der Waals surface area contributed by atoms with Gasteiger partial charge in [0.1, 0.15) is 0 Å². The molecule has 0 fully saturated rings. The third kappa shape index (κ3) is 5.02. The molecule has 1 N–H and O–H groups in total. The van der Waals surface area contributed by atoms with Crippen molar-refractivity contribution in [1.82, 2.24) is 10.3 Å². The molecule has 2 rings (SSSR count). The maximum atomic E-state index is 5.04. The average Bonchev–Trinajstić information content (AvgIpc) is 2.52. The first-order valence-corrected chi connectivity index (χ1v) is 7.12. The number of nitrogens with zero attached hydrogens (tertiary/aromatic N) is 1. The van der Waals surface area contributed by atoms with E-state index in [0.717, 1.165) is 19.5 Å². The van der Waals surface area contributed by atoms with Gasteiger partial charge in [-0.15, -0.1) is 0 Å². The van der Waals surface area contributed by atoms with Gasteiger partial charge in [0, 0.05) is 18.8 Å². The number of hydrogen-bond donors (Lipinski definition) is 1. The fraction of sp³-hybridized carbons (Fsp3) is 0.353. The van der Waals surface area contributed by atoms with E-state index in [1.807, 2.05) is 18.3 Å². The van der Waals surface area contributed by atoms with Gasteiger partial charge in [0.15, 0.2) is 0 Å².